The Kier molecular flexibility index (Phi) is 9.21. The van der Waals surface area contributed by atoms with Crippen LogP contribution in [0.1, 0.15) is 12.5 Å². The van der Waals surface area contributed by atoms with Crippen molar-refractivity contribution >= 4 is 18.3 Å². The number of halogens is 1. The van der Waals surface area contributed by atoms with E-state index in [0.717, 1.165) is 13.1 Å². The lowest BCUT2D eigenvalue weighted by atomic mass is 10.2. The fourth-order valence-electron chi connectivity index (χ4n) is 1.96. The van der Waals surface area contributed by atoms with E-state index < -0.39 is 0 Å². The van der Waals surface area contributed by atoms with Crippen molar-refractivity contribution in [3.05, 3.63) is 35.9 Å². The van der Waals surface area contributed by atoms with E-state index in [9.17, 15) is 4.79 Å². The second-order valence-corrected chi connectivity index (χ2v) is 4.68. The first-order valence-corrected chi connectivity index (χ1v) is 6.28. The van der Waals surface area contributed by atoms with Gasteiger partial charge in [0.15, 0.2) is 0 Å². The largest absolute Gasteiger partial charge is 0.351 e. The Labute approximate surface area is 122 Å². The van der Waals surface area contributed by atoms with Crippen LogP contribution in [0.2, 0.25) is 0 Å². The highest BCUT2D eigenvalue weighted by atomic mass is 35.5. The molecule has 0 fully saturated rings. The molecule has 1 amide bonds. The van der Waals surface area contributed by atoms with Gasteiger partial charge in [-0.25, -0.2) is 0 Å². The first-order chi connectivity index (χ1) is 8.61. The minimum Gasteiger partial charge on any atom is -0.351 e. The summed E-state index contributed by atoms with van der Waals surface area (Å²) in [5, 5.41) is 5.79. The van der Waals surface area contributed by atoms with Crippen LogP contribution in [0.15, 0.2) is 30.3 Å². The first kappa shape index (κ1) is 17.9. The van der Waals surface area contributed by atoms with Gasteiger partial charge in [0.05, 0.1) is 6.54 Å². The molecular weight excluding hydrogens is 262 g/mol. The molecule has 0 heterocycles. The number of hydrogen-bond acceptors (Lipinski definition) is 3. The number of likely N-dealkylation sites (N-methyl/N-ethyl adjacent to an activating group) is 2. The average molecular weight is 286 g/mol. The molecule has 0 aliphatic carbocycles. The quantitative estimate of drug-likeness (QED) is 0.793. The summed E-state index contributed by atoms with van der Waals surface area (Å²) in [5.74, 6) is 0.0399. The van der Waals surface area contributed by atoms with Crippen molar-refractivity contribution in [2.24, 2.45) is 0 Å². The Bertz CT molecular complexity index is 359. The molecule has 0 aliphatic rings. The predicted octanol–water partition coefficient (Wildman–Crippen LogP) is 1.26. The maximum absolute atomic E-state index is 11.4. The number of carbonyl (C=O) groups excluding carboxylic acids is 1. The fourth-order valence-corrected chi connectivity index (χ4v) is 1.96. The summed E-state index contributed by atoms with van der Waals surface area (Å²) in [6.07, 6.45) is 0. The molecule has 1 aromatic rings. The Hall–Kier alpha value is -1.10. The highest BCUT2D eigenvalue weighted by molar-refractivity contribution is 5.85. The number of rotatable bonds is 7. The standard InChI is InChI=1S/C14H23N3O.ClH/c1-12(16-14(18)9-15-2)10-17(3)11-13-7-5-4-6-8-13;/h4-8,12,15H,9-11H2,1-3H3,(H,16,18);1H. The Morgan fingerprint density at radius 1 is 1.32 bits per heavy atom. The third-order valence-electron chi connectivity index (χ3n) is 2.63. The van der Waals surface area contributed by atoms with E-state index in [2.05, 4.69) is 34.7 Å². The maximum Gasteiger partial charge on any atom is 0.234 e. The van der Waals surface area contributed by atoms with E-state index in [1.807, 2.05) is 25.1 Å². The smallest absolute Gasteiger partial charge is 0.234 e. The van der Waals surface area contributed by atoms with E-state index >= 15 is 0 Å². The zero-order valence-electron chi connectivity index (χ0n) is 11.8. The number of carbonyl (C=O) groups is 1. The third-order valence-corrected chi connectivity index (χ3v) is 2.63. The molecular formula is C14H24ClN3O. The molecule has 0 saturated heterocycles. The molecule has 4 nitrogen and oxygen atoms in total. The van der Waals surface area contributed by atoms with E-state index in [0.29, 0.717) is 6.54 Å². The predicted molar refractivity (Wildman–Crippen MR) is 81.6 cm³/mol. The summed E-state index contributed by atoms with van der Waals surface area (Å²) in [6.45, 7) is 4.12. The number of nitrogens with one attached hydrogen (secondary N) is 2. The zero-order chi connectivity index (χ0) is 13.4. The van der Waals surface area contributed by atoms with Crippen LogP contribution >= 0.6 is 12.4 Å². The molecule has 0 radical (unpaired) electrons. The van der Waals surface area contributed by atoms with Gasteiger partial charge in [-0.2, -0.15) is 0 Å². The van der Waals surface area contributed by atoms with Gasteiger partial charge in [0.2, 0.25) is 5.91 Å². The van der Waals surface area contributed by atoms with Crippen LogP contribution in [-0.2, 0) is 11.3 Å². The summed E-state index contributed by atoms with van der Waals surface area (Å²) < 4.78 is 0. The fraction of sp³-hybridized carbons (Fsp3) is 0.500. The molecule has 19 heavy (non-hydrogen) atoms. The molecule has 2 N–H and O–H groups in total. The van der Waals surface area contributed by atoms with Crippen LogP contribution in [0.25, 0.3) is 0 Å². The summed E-state index contributed by atoms with van der Waals surface area (Å²) in [7, 11) is 3.83. The molecule has 1 rings (SSSR count). The lowest BCUT2D eigenvalue weighted by Crippen LogP contribution is -2.43. The van der Waals surface area contributed by atoms with Crippen molar-refractivity contribution in [2.75, 3.05) is 27.2 Å². The van der Waals surface area contributed by atoms with Crippen molar-refractivity contribution in [1.29, 1.82) is 0 Å². The van der Waals surface area contributed by atoms with Crippen LogP contribution < -0.4 is 10.6 Å². The van der Waals surface area contributed by atoms with Gasteiger partial charge in [-0.05, 0) is 26.6 Å². The van der Waals surface area contributed by atoms with Crippen LogP contribution in [0.3, 0.4) is 0 Å². The number of nitrogens with zero attached hydrogens (tertiary/aromatic N) is 1. The summed E-state index contributed by atoms with van der Waals surface area (Å²) in [5.41, 5.74) is 1.29. The van der Waals surface area contributed by atoms with Crippen LogP contribution in [0.4, 0.5) is 0 Å². The van der Waals surface area contributed by atoms with Gasteiger partial charge in [0.25, 0.3) is 0 Å². The topological polar surface area (TPSA) is 44.4 Å². The van der Waals surface area contributed by atoms with Gasteiger partial charge >= 0.3 is 0 Å². The van der Waals surface area contributed by atoms with Crippen molar-refractivity contribution in [1.82, 2.24) is 15.5 Å². The molecule has 5 heteroatoms. The van der Waals surface area contributed by atoms with Crippen molar-refractivity contribution < 1.29 is 4.79 Å². The van der Waals surface area contributed by atoms with Crippen LogP contribution in [0.5, 0.6) is 0 Å². The second-order valence-electron chi connectivity index (χ2n) is 4.68. The van der Waals surface area contributed by atoms with Gasteiger partial charge < -0.3 is 15.5 Å². The maximum atomic E-state index is 11.4. The van der Waals surface area contributed by atoms with E-state index in [4.69, 9.17) is 0 Å². The molecule has 1 unspecified atom stereocenters. The molecule has 0 bridgehead atoms. The molecule has 0 saturated carbocycles. The highest BCUT2D eigenvalue weighted by Gasteiger charge is 2.09. The summed E-state index contributed by atoms with van der Waals surface area (Å²) >= 11 is 0. The van der Waals surface area contributed by atoms with E-state index in [1.54, 1.807) is 7.05 Å². The summed E-state index contributed by atoms with van der Waals surface area (Å²) in [4.78, 5) is 13.6. The lowest BCUT2D eigenvalue weighted by Gasteiger charge is -2.22. The van der Waals surface area contributed by atoms with E-state index in [1.165, 1.54) is 5.56 Å². The normalized spacial score (nSPS) is 11.8. The van der Waals surface area contributed by atoms with Gasteiger partial charge in [0.1, 0.15) is 0 Å². The molecule has 108 valence electrons. The van der Waals surface area contributed by atoms with Crippen molar-refractivity contribution in [2.45, 2.75) is 19.5 Å². The molecule has 1 aromatic carbocycles. The lowest BCUT2D eigenvalue weighted by molar-refractivity contribution is -0.120. The number of benzene rings is 1. The SMILES string of the molecule is CNCC(=O)NC(C)CN(C)Cc1ccccc1.Cl. The van der Waals surface area contributed by atoms with Gasteiger partial charge in [-0.3, -0.25) is 4.79 Å². The average Bonchev–Trinajstić information content (AvgIpc) is 2.29. The molecule has 0 aromatic heterocycles. The Morgan fingerprint density at radius 3 is 2.53 bits per heavy atom. The molecule has 0 aliphatic heterocycles. The van der Waals surface area contributed by atoms with Gasteiger partial charge in [-0.1, -0.05) is 30.3 Å². The number of hydrogen-bond donors (Lipinski definition) is 2. The third kappa shape index (κ3) is 7.82. The van der Waals surface area contributed by atoms with E-state index in [-0.39, 0.29) is 24.4 Å². The van der Waals surface area contributed by atoms with Crippen LogP contribution in [-0.4, -0.2) is 44.0 Å². The van der Waals surface area contributed by atoms with Gasteiger partial charge in [0, 0.05) is 19.1 Å². The first-order valence-electron chi connectivity index (χ1n) is 6.28. The zero-order valence-corrected chi connectivity index (χ0v) is 12.7. The van der Waals surface area contributed by atoms with Crippen molar-refractivity contribution in [3.63, 3.8) is 0 Å². The molecule has 0 spiro atoms. The molecule has 1 atom stereocenters. The second kappa shape index (κ2) is 9.78. The Morgan fingerprint density at radius 2 is 1.95 bits per heavy atom. The number of amides is 1. The minimum absolute atomic E-state index is 0. The van der Waals surface area contributed by atoms with Crippen molar-refractivity contribution in [3.8, 4) is 0 Å². The highest BCUT2D eigenvalue weighted by Crippen LogP contribution is 2.02. The van der Waals surface area contributed by atoms with Crippen LogP contribution in [0, 0.1) is 0 Å². The monoisotopic (exact) mass is 285 g/mol. The van der Waals surface area contributed by atoms with Gasteiger partial charge in [-0.15, -0.1) is 12.4 Å². The minimum atomic E-state index is 0. The Balaban J connectivity index is 0.00000324. The summed E-state index contributed by atoms with van der Waals surface area (Å²) in [6, 6.07) is 10.5.